The van der Waals surface area contributed by atoms with Gasteiger partial charge in [-0.15, -0.1) is 0 Å². The molecule has 10 heteroatoms. The van der Waals surface area contributed by atoms with Crippen LogP contribution >= 0.6 is 18.4 Å². The van der Waals surface area contributed by atoms with Gasteiger partial charge in [0, 0.05) is 11.6 Å². The predicted molar refractivity (Wildman–Crippen MR) is 109 cm³/mol. The van der Waals surface area contributed by atoms with Crippen molar-refractivity contribution in [3.63, 3.8) is 0 Å². The lowest BCUT2D eigenvalue weighted by molar-refractivity contribution is 0.203. The van der Waals surface area contributed by atoms with Gasteiger partial charge in [0.25, 0.3) is 0 Å². The SMILES string of the molecule is CCOP(=S)(CNSCNC(=O)Oc1cccc2cccnc12)OCC. The smallest absolute Gasteiger partial charge is 0.408 e. The molecule has 7 nitrogen and oxygen atoms in total. The molecule has 142 valence electrons. The number of nitrogens with zero attached hydrogens (tertiary/aromatic N) is 1. The number of carbonyl (C=O) groups is 1. The van der Waals surface area contributed by atoms with E-state index in [0.717, 1.165) is 5.39 Å². The van der Waals surface area contributed by atoms with E-state index in [1.54, 1.807) is 12.3 Å². The molecule has 0 saturated heterocycles. The van der Waals surface area contributed by atoms with Crippen molar-refractivity contribution < 1.29 is 18.6 Å². The number of ether oxygens (including phenoxy) is 1. The fourth-order valence-electron chi connectivity index (χ4n) is 2.09. The van der Waals surface area contributed by atoms with Crippen molar-refractivity contribution in [3.8, 4) is 5.75 Å². The Balaban J connectivity index is 1.76. The molecule has 0 aliphatic rings. The first-order chi connectivity index (χ1) is 12.6. The lowest BCUT2D eigenvalue weighted by atomic mass is 10.2. The normalized spacial score (nSPS) is 11.5. The Bertz CT molecular complexity index is 763. The van der Waals surface area contributed by atoms with E-state index in [4.69, 9.17) is 25.6 Å². The zero-order valence-corrected chi connectivity index (χ0v) is 17.2. The number of carbonyl (C=O) groups excluding carboxylic acids is 1. The molecule has 2 N–H and O–H groups in total. The highest BCUT2D eigenvalue weighted by Gasteiger charge is 2.17. The van der Waals surface area contributed by atoms with Crippen LogP contribution in [0.4, 0.5) is 4.79 Å². The average molecular weight is 415 g/mol. The molecule has 0 bridgehead atoms. The molecule has 0 aliphatic carbocycles. The lowest BCUT2D eigenvalue weighted by Gasteiger charge is -2.21. The van der Waals surface area contributed by atoms with Gasteiger partial charge < -0.3 is 19.1 Å². The summed E-state index contributed by atoms with van der Waals surface area (Å²) in [5, 5.41) is 3.56. The van der Waals surface area contributed by atoms with Gasteiger partial charge in [0.2, 0.25) is 6.49 Å². The standard InChI is InChI=1S/C16H22N3O4PS2/c1-3-21-24(25,22-4-2)11-19-26-12-18-16(20)23-14-9-5-7-13-8-6-10-17-15(13)14/h5-10,19H,3-4,11-12H2,1-2H3,(H,18,20). The largest absolute Gasteiger partial charge is 0.413 e. The Hall–Kier alpha value is -1.22. The van der Waals surface area contributed by atoms with Crippen molar-refractivity contribution in [1.82, 2.24) is 15.0 Å². The number of amides is 1. The molecule has 1 aromatic carbocycles. The molecule has 0 fully saturated rings. The van der Waals surface area contributed by atoms with Gasteiger partial charge in [0.15, 0.2) is 5.75 Å². The highest BCUT2D eigenvalue weighted by atomic mass is 32.5. The Morgan fingerprint density at radius 1 is 1.23 bits per heavy atom. The van der Waals surface area contributed by atoms with E-state index < -0.39 is 12.6 Å². The van der Waals surface area contributed by atoms with Crippen LogP contribution in [0.2, 0.25) is 0 Å². The van der Waals surface area contributed by atoms with Crippen LogP contribution in [0.15, 0.2) is 36.5 Å². The number of hydrogen-bond acceptors (Lipinski definition) is 8. The van der Waals surface area contributed by atoms with Crippen LogP contribution in [0, 0.1) is 0 Å². The molecule has 0 spiro atoms. The number of hydrogen-bond donors (Lipinski definition) is 2. The molecule has 1 aromatic heterocycles. The number of rotatable bonds is 10. The zero-order valence-electron chi connectivity index (χ0n) is 14.6. The Morgan fingerprint density at radius 2 is 1.96 bits per heavy atom. The number of fused-ring (bicyclic) bond motifs is 1. The van der Waals surface area contributed by atoms with Gasteiger partial charge in [-0.1, -0.05) is 30.1 Å². The average Bonchev–Trinajstić information content (AvgIpc) is 2.62. The highest BCUT2D eigenvalue weighted by molar-refractivity contribution is 8.10. The number of nitrogens with one attached hydrogen (secondary N) is 2. The maximum atomic E-state index is 12.0. The lowest BCUT2D eigenvalue weighted by Crippen LogP contribution is -2.28. The molecule has 26 heavy (non-hydrogen) atoms. The van der Waals surface area contributed by atoms with Crippen molar-refractivity contribution in [2.45, 2.75) is 13.8 Å². The van der Waals surface area contributed by atoms with Gasteiger partial charge in [-0.05, 0) is 37.8 Å². The fourth-order valence-corrected chi connectivity index (χ4v) is 5.53. The summed E-state index contributed by atoms with van der Waals surface area (Å²) in [6, 6.07) is 9.18. The van der Waals surface area contributed by atoms with E-state index in [1.165, 1.54) is 11.9 Å². The van der Waals surface area contributed by atoms with E-state index >= 15 is 0 Å². The second-order valence-corrected chi connectivity index (χ2v) is 9.52. The van der Waals surface area contributed by atoms with E-state index in [-0.39, 0.29) is 0 Å². The molecule has 2 rings (SSSR count). The third-order valence-electron chi connectivity index (χ3n) is 3.10. The fraction of sp³-hybridized carbons (Fsp3) is 0.375. The van der Waals surface area contributed by atoms with Crippen molar-refractivity contribution in [2.24, 2.45) is 0 Å². The zero-order chi connectivity index (χ0) is 18.8. The van der Waals surface area contributed by atoms with Crippen LogP contribution in [-0.2, 0) is 20.9 Å². The molecule has 1 heterocycles. The molecule has 0 saturated carbocycles. The summed E-state index contributed by atoms with van der Waals surface area (Å²) in [5.74, 6) is 0.728. The third-order valence-corrected chi connectivity index (χ3v) is 6.82. The summed E-state index contributed by atoms with van der Waals surface area (Å²) < 4.78 is 19.5. The third kappa shape index (κ3) is 6.50. The molecular weight excluding hydrogens is 393 g/mol. The van der Waals surface area contributed by atoms with Crippen LogP contribution in [0.3, 0.4) is 0 Å². The van der Waals surface area contributed by atoms with E-state index in [0.29, 0.717) is 36.6 Å². The minimum Gasteiger partial charge on any atom is -0.408 e. The first kappa shape index (κ1) is 21.1. The Labute approximate surface area is 162 Å². The summed E-state index contributed by atoms with van der Waals surface area (Å²) in [6.45, 7) is 2.46. The van der Waals surface area contributed by atoms with Gasteiger partial charge in [0.1, 0.15) is 5.52 Å². The van der Waals surface area contributed by atoms with Crippen molar-refractivity contribution in [1.29, 1.82) is 0 Å². The van der Waals surface area contributed by atoms with E-state index in [2.05, 4.69) is 15.0 Å². The number of pyridine rings is 1. The first-order valence-corrected chi connectivity index (χ1v) is 11.9. The van der Waals surface area contributed by atoms with Gasteiger partial charge in [-0.3, -0.25) is 9.71 Å². The second kappa shape index (κ2) is 10.8. The molecule has 0 radical (unpaired) electrons. The minimum absolute atomic E-state index is 0.310. The van der Waals surface area contributed by atoms with Gasteiger partial charge in [0.05, 0.1) is 25.4 Å². The number of para-hydroxylation sites is 1. The molecule has 0 atom stereocenters. The second-order valence-electron chi connectivity index (χ2n) is 4.94. The van der Waals surface area contributed by atoms with Crippen molar-refractivity contribution in [3.05, 3.63) is 36.5 Å². The van der Waals surface area contributed by atoms with Crippen molar-refractivity contribution >= 4 is 47.2 Å². The summed E-state index contributed by atoms with van der Waals surface area (Å²) >= 11 is 6.70. The van der Waals surface area contributed by atoms with Gasteiger partial charge >= 0.3 is 6.09 Å². The maximum absolute atomic E-state index is 12.0. The molecule has 2 aromatic rings. The summed E-state index contributed by atoms with van der Waals surface area (Å²) in [6.07, 6.45) is 1.53. The van der Waals surface area contributed by atoms with Crippen LogP contribution in [0.25, 0.3) is 10.9 Å². The number of aromatic nitrogens is 1. The first-order valence-electron chi connectivity index (χ1n) is 8.10. The quantitative estimate of drug-likeness (QED) is 0.262. The monoisotopic (exact) mass is 415 g/mol. The van der Waals surface area contributed by atoms with Gasteiger partial charge in [-0.2, -0.15) is 0 Å². The van der Waals surface area contributed by atoms with Crippen LogP contribution in [-0.4, -0.2) is 36.5 Å². The van der Waals surface area contributed by atoms with E-state index in [9.17, 15) is 4.79 Å². The topological polar surface area (TPSA) is 81.7 Å². The minimum atomic E-state index is -2.32. The number of benzene rings is 1. The molecular formula is C16H22N3O4PS2. The molecule has 0 aliphatic heterocycles. The summed E-state index contributed by atoms with van der Waals surface area (Å²) in [5.41, 5.74) is 0.644. The van der Waals surface area contributed by atoms with Crippen molar-refractivity contribution in [2.75, 3.05) is 25.4 Å². The van der Waals surface area contributed by atoms with E-state index in [1.807, 2.05) is 38.1 Å². The Morgan fingerprint density at radius 3 is 2.69 bits per heavy atom. The Kier molecular flexibility index (Phi) is 8.77. The summed E-state index contributed by atoms with van der Waals surface area (Å²) in [4.78, 5) is 16.2. The molecule has 1 amide bonds. The van der Waals surface area contributed by atoms with Crippen LogP contribution < -0.4 is 14.8 Å². The van der Waals surface area contributed by atoms with Gasteiger partial charge in [-0.25, -0.2) is 4.79 Å². The van der Waals surface area contributed by atoms with Crippen LogP contribution in [0.5, 0.6) is 5.75 Å². The highest BCUT2D eigenvalue weighted by Crippen LogP contribution is 2.47. The molecule has 0 unspecified atom stereocenters. The van der Waals surface area contributed by atoms with Crippen LogP contribution in [0.1, 0.15) is 13.8 Å². The maximum Gasteiger partial charge on any atom is 0.413 e. The summed E-state index contributed by atoms with van der Waals surface area (Å²) in [7, 11) is 0. The predicted octanol–water partition coefficient (Wildman–Crippen LogP) is 3.86.